The van der Waals surface area contributed by atoms with Gasteiger partial charge in [-0.1, -0.05) is 16.7 Å². The maximum atomic E-state index is 13.0. The third-order valence-electron chi connectivity index (χ3n) is 2.75. The van der Waals surface area contributed by atoms with Crippen molar-refractivity contribution in [2.24, 2.45) is 7.05 Å². The third kappa shape index (κ3) is 2.82. The SMILES string of the molecule is Cn1ccc(-c2nnc(NC(=O)c3ccc(F)cc3Cl)o2)n1. The van der Waals surface area contributed by atoms with Crippen molar-refractivity contribution in [3.8, 4) is 11.6 Å². The van der Waals surface area contributed by atoms with Gasteiger partial charge in [0.05, 0.1) is 10.6 Å². The maximum absolute atomic E-state index is 13.0. The van der Waals surface area contributed by atoms with Gasteiger partial charge in [-0.15, -0.1) is 5.10 Å². The Morgan fingerprint density at radius 2 is 2.18 bits per heavy atom. The largest absolute Gasteiger partial charge is 0.401 e. The summed E-state index contributed by atoms with van der Waals surface area (Å²) in [5, 5.41) is 14.0. The molecule has 0 atom stereocenters. The number of nitrogens with zero attached hydrogens (tertiary/aromatic N) is 4. The van der Waals surface area contributed by atoms with Crippen LogP contribution in [0.1, 0.15) is 10.4 Å². The van der Waals surface area contributed by atoms with Gasteiger partial charge >= 0.3 is 6.01 Å². The summed E-state index contributed by atoms with van der Waals surface area (Å²) >= 11 is 5.81. The van der Waals surface area contributed by atoms with Crippen LogP contribution < -0.4 is 5.32 Å². The molecule has 1 N–H and O–H groups in total. The van der Waals surface area contributed by atoms with Crippen molar-refractivity contribution in [1.82, 2.24) is 20.0 Å². The van der Waals surface area contributed by atoms with Crippen molar-refractivity contribution in [3.05, 3.63) is 46.9 Å². The molecule has 0 saturated heterocycles. The minimum Gasteiger partial charge on any atom is -0.401 e. The molecule has 2 aromatic heterocycles. The lowest BCUT2D eigenvalue weighted by molar-refractivity contribution is 0.102. The molecular weight excluding hydrogens is 313 g/mol. The van der Waals surface area contributed by atoms with E-state index in [-0.39, 0.29) is 22.5 Å². The van der Waals surface area contributed by atoms with Crippen molar-refractivity contribution >= 4 is 23.5 Å². The quantitative estimate of drug-likeness (QED) is 0.801. The molecule has 0 aliphatic heterocycles. The van der Waals surface area contributed by atoms with Gasteiger partial charge < -0.3 is 4.42 Å². The summed E-state index contributed by atoms with van der Waals surface area (Å²) in [5.74, 6) is -0.945. The minimum atomic E-state index is -0.582. The second kappa shape index (κ2) is 5.57. The summed E-state index contributed by atoms with van der Waals surface area (Å²) in [7, 11) is 1.75. The van der Waals surface area contributed by atoms with E-state index in [1.165, 1.54) is 6.07 Å². The Kier molecular flexibility index (Phi) is 3.60. The molecule has 0 bridgehead atoms. The van der Waals surface area contributed by atoms with Gasteiger partial charge in [0, 0.05) is 13.2 Å². The number of halogens is 2. The van der Waals surface area contributed by atoms with Crippen LogP contribution in [0.4, 0.5) is 10.4 Å². The fourth-order valence-electron chi connectivity index (χ4n) is 1.74. The Labute approximate surface area is 128 Å². The van der Waals surface area contributed by atoms with Crippen molar-refractivity contribution in [1.29, 1.82) is 0 Å². The lowest BCUT2D eigenvalue weighted by Crippen LogP contribution is -2.12. The number of carbonyl (C=O) groups excluding carboxylic acids is 1. The highest BCUT2D eigenvalue weighted by Crippen LogP contribution is 2.20. The van der Waals surface area contributed by atoms with Crippen LogP contribution in [0.2, 0.25) is 5.02 Å². The van der Waals surface area contributed by atoms with Crippen LogP contribution in [0.15, 0.2) is 34.9 Å². The highest BCUT2D eigenvalue weighted by atomic mass is 35.5. The fourth-order valence-corrected chi connectivity index (χ4v) is 2.00. The van der Waals surface area contributed by atoms with Gasteiger partial charge in [-0.25, -0.2) is 4.39 Å². The van der Waals surface area contributed by atoms with E-state index in [0.29, 0.717) is 5.69 Å². The van der Waals surface area contributed by atoms with Crippen LogP contribution in [-0.2, 0) is 7.05 Å². The molecule has 9 heteroatoms. The van der Waals surface area contributed by atoms with E-state index in [1.54, 1.807) is 24.0 Å². The van der Waals surface area contributed by atoms with Crippen LogP contribution >= 0.6 is 11.6 Å². The van der Waals surface area contributed by atoms with Crippen molar-refractivity contribution in [2.45, 2.75) is 0 Å². The molecule has 0 aliphatic rings. The van der Waals surface area contributed by atoms with Crippen LogP contribution in [0, 0.1) is 5.82 Å². The first-order valence-electron chi connectivity index (χ1n) is 6.13. The average Bonchev–Trinajstić information content (AvgIpc) is 3.07. The van der Waals surface area contributed by atoms with Gasteiger partial charge in [-0.05, 0) is 24.3 Å². The minimum absolute atomic E-state index is 0.0121. The third-order valence-corrected chi connectivity index (χ3v) is 3.07. The van der Waals surface area contributed by atoms with E-state index in [9.17, 15) is 9.18 Å². The van der Waals surface area contributed by atoms with Gasteiger partial charge in [0.15, 0.2) is 0 Å². The fraction of sp³-hybridized carbons (Fsp3) is 0.0769. The van der Waals surface area contributed by atoms with E-state index >= 15 is 0 Å². The molecule has 0 radical (unpaired) electrons. The summed E-state index contributed by atoms with van der Waals surface area (Å²) < 4.78 is 19.8. The molecule has 3 rings (SSSR count). The molecule has 22 heavy (non-hydrogen) atoms. The standard InChI is InChI=1S/C13H9ClFN5O2/c1-20-5-4-10(19-20)12-17-18-13(22-12)16-11(21)8-3-2-7(15)6-9(8)14/h2-6H,1H3,(H,16,18,21). The number of aromatic nitrogens is 4. The molecule has 0 aliphatic carbocycles. The van der Waals surface area contributed by atoms with Gasteiger partial charge in [0.1, 0.15) is 11.5 Å². The normalized spacial score (nSPS) is 10.7. The van der Waals surface area contributed by atoms with Crippen LogP contribution in [-0.4, -0.2) is 25.9 Å². The highest BCUT2D eigenvalue weighted by Gasteiger charge is 2.16. The van der Waals surface area contributed by atoms with Gasteiger partial charge in [-0.3, -0.25) is 14.8 Å². The Morgan fingerprint density at radius 1 is 1.36 bits per heavy atom. The zero-order valence-electron chi connectivity index (χ0n) is 11.2. The first kappa shape index (κ1) is 14.2. The van der Waals surface area contributed by atoms with Gasteiger partial charge in [-0.2, -0.15) is 5.10 Å². The topological polar surface area (TPSA) is 85.8 Å². The molecule has 112 valence electrons. The molecule has 0 unspecified atom stereocenters. The number of carbonyl (C=O) groups is 1. The molecule has 7 nitrogen and oxygen atoms in total. The molecule has 0 spiro atoms. The molecule has 0 saturated carbocycles. The molecule has 0 fully saturated rings. The van der Waals surface area contributed by atoms with Gasteiger partial charge in [0.25, 0.3) is 11.8 Å². The average molecular weight is 322 g/mol. The highest BCUT2D eigenvalue weighted by molar-refractivity contribution is 6.34. The Bertz CT molecular complexity index is 845. The van der Waals surface area contributed by atoms with Crippen molar-refractivity contribution in [2.75, 3.05) is 5.32 Å². The van der Waals surface area contributed by atoms with E-state index in [2.05, 4.69) is 20.6 Å². The second-order valence-electron chi connectivity index (χ2n) is 4.37. The summed E-state index contributed by atoms with van der Waals surface area (Å²) in [6, 6.07) is 5.03. The predicted molar refractivity (Wildman–Crippen MR) is 75.9 cm³/mol. The van der Waals surface area contributed by atoms with Crippen molar-refractivity contribution in [3.63, 3.8) is 0 Å². The molecule has 1 amide bonds. The number of rotatable bonds is 3. The number of anilines is 1. The molecule has 2 heterocycles. The number of hydrogen-bond acceptors (Lipinski definition) is 5. The Hall–Kier alpha value is -2.74. The number of nitrogens with one attached hydrogen (secondary N) is 1. The number of aryl methyl sites for hydroxylation is 1. The number of benzene rings is 1. The monoisotopic (exact) mass is 321 g/mol. The smallest absolute Gasteiger partial charge is 0.322 e. The van der Waals surface area contributed by atoms with E-state index < -0.39 is 11.7 Å². The summed E-state index contributed by atoms with van der Waals surface area (Å²) in [6.07, 6.45) is 1.72. The molecule has 1 aromatic carbocycles. The second-order valence-corrected chi connectivity index (χ2v) is 4.77. The zero-order chi connectivity index (χ0) is 15.7. The first-order chi connectivity index (χ1) is 10.5. The Balaban J connectivity index is 1.79. The molecular formula is C13H9ClFN5O2. The summed E-state index contributed by atoms with van der Waals surface area (Å²) in [4.78, 5) is 12.0. The Morgan fingerprint density at radius 3 is 2.86 bits per heavy atom. The van der Waals surface area contributed by atoms with E-state index in [1.807, 2.05) is 0 Å². The lowest BCUT2D eigenvalue weighted by atomic mass is 10.2. The van der Waals surface area contributed by atoms with Crippen molar-refractivity contribution < 1.29 is 13.6 Å². The zero-order valence-corrected chi connectivity index (χ0v) is 12.0. The van der Waals surface area contributed by atoms with Crippen LogP contribution in [0.3, 0.4) is 0 Å². The van der Waals surface area contributed by atoms with Crippen LogP contribution in [0.5, 0.6) is 0 Å². The number of amides is 1. The van der Waals surface area contributed by atoms with E-state index in [0.717, 1.165) is 12.1 Å². The van der Waals surface area contributed by atoms with E-state index in [4.69, 9.17) is 16.0 Å². The molecule has 3 aromatic rings. The lowest BCUT2D eigenvalue weighted by Gasteiger charge is -2.02. The predicted octanol–water partition coefficient (Wildman–Crippen LogP) is 2.51. The first-order valence-corrected chi connectivity index (χ1v) is 6.50. The van der Waals surface area contributed by atoms with Crippen LogP contribution in [0.25, 0.3) is 11.6 Å². The number of hydrogen-bond donors (Lipinski definition) is 1. The van der Waals surface area contributed by atoms with Gasteiger partial charge in [0.2, 0.25) is 0 Å². The summed E-state index contributed by atoms with van der Waals surface area (Å²) in [5.41, 5.74) is 0.580. The summed E-state index contributed by atoms with van der Waals surface area (Å²) in [6.45, 7) is 0. The maximum Gasteiger partial charge on any atom is 0.322 e.